The van der Waals surface area contributed by atoms with Crippen LogP contribution in [0, 0.1) is 6.92 Å². The van der Waals surface area contributed by atoms with E-state index in [0.717, 1.165) is 17.0 Å². The molecule has 0 saturated carbocycles. The van der Waals surface area contributed by atoms with E-state index in [9.17, 15) is 4.79 Å². The quantitative estimate of drug-likeness (QED) is 0.379. The Morgan fingerprint density at radius 3 is 2.70 bits per heavy atom. The van der Waals surface area contributed by atoms with Gasteiger partial charge in [-0.2, -0.15) is 0 Å². The Morgan fingerprint density at radius 2 is 1.97 bits per heavy atom. The van der Waals surface area contributed by atoms with Crippen LogP contribution in [0.2, 0.25) is 5.02 Å². The molecule has 0 atom stereocenters. The van der Waals surface area contributed by atoms with Crippen molar-refractivity contribution in [2.45, 2.75) is 18.5 Å². The summed E-state index contributed by atoms with van der Waals surface area (Å²) in [7, 11) is 0. The van der Waals surface area contributed by atoms with Crippen LogP contribution < -0.4 is 5.32 Å². The number of hydrogen-bond acceptors (Lipinski definition) is 5. The zero-order valence-electron chi connectivity index (χ0n) is 16.2. The molecule has 4 rings (SSSR count). The predicted octanol–water partition coefficient (Wildman–Crippen LogP) is 5.61. The second kappa shape index (κ2) is 9.19. The molecule has 0 aliphatic heterocycles. The Morgan fingerprint density at radius 1 is 1.13 bits per heavy atom. The highest BCUT2D eigenvalue weighted by Crippen LogP contribution is 2.30. The van der Waals surface area contributed by atoms with Gasteiger partial charge in [0.1, 0.15) is 5.76 Å². The molecule has 2 aromatic heterocycles. The van der Waals surface area contributed by atoms with Crippen LogP contribution in [0.15, 0.2) is 76.5 Å². The first-order valence-electron chi connectivity index (χ1n) is 9.35. The van der Waals surface area contributed by atoms with E-state index in [2.05, 4.69) is 15.5 Å². The van der Waals surface area contributed by atoms with Gasteiger partial charge in [0.15, 0.2) is 11.0 Å². The molecule has 0 unspecified atom stereocenters. The lowest BCUT2D eigenvalue weighted by atomic mass is 10.2. The van der Waals surface area contributed by atoms with E-state index in [1.54, 1.807) is 24.5 Å². The number of thioether (sulfide) groups is 1. The van der Waals surface area contributed by atoms with E-state index in [4.69, 9.17) is 16.0 Å². The second-order valence-electron chi connectivity index (χ2n) is 6.52. The van der Waals surface area contributed by atoms with Crippen molar-refractivity contribution in [2.75, 3.05) is 11.1 Å². The number of aryl methyl sites for hydroxylation is 1. The molecule has 152 valence electrons. The van der Waals surface area contributed by atoms with Gasteiger partial charge in [-0.25, -0.2) is 0 Å². The first-order valence-corrected chi connectivity index (χ1v) is 10.7. The van der Waals surface area contributed by atoms with Crippen LogP contribution in [0.4, 0.5) is 5.69 Å². The average molecular weight is 439 g/mol. The number of carbonyl (C=O) groups excluding carboxylic acids is 1. The SMILES string of the molecule is Cc1occc1-c1nnc(SCCC(=O)Nc2cccc(Cl)c2)n1-c1ccccc1. The van der Waals surface area contributed by atoms with E-state index in [-0.39, 0.29) is 5.91 Å². The molecule has 1 amide bonds. The summed E-state index contributed by atoms with van der Waals surface area (Å²) in [6.07, 6.45) is 1.97. The van der Waals surface area contributed by atoms with Crippen molar-refractivity contribution >= 4 is 35.0 Å². The van der Waals surface area contributed by atoms with Gasteiger partial charge >= 0.3 is 0 Å². The zero-order valence-corrected chi connectivity index (χ0v) is 17.8. The Kier molecular flexibility index (Phi) is 6.21. The van der Waals surface area contributed by atoms with Gasteiger partial charge in [0.05, 0.1) is 11.8 Å². The number of furan rings is 1. The van der Waals surface area contributed by atoms with Gasteiger partial charge in [0.25, 0.3) is 0 Å². The Hall–Kier alpha value is -3.03. The largest absolute Gasteiger partial charge is 0.469 e. The van der Waals surface area contributed by atoms with E-state index < -0.39 is 0 Å². The standard InChI is InChI=1S/C22H19ClN4O2S/c1-15-19(10-12-29-15)21-25-26-22(27(21)18-8-3-2-4-9-18)30-13-11-20(28)24-17-7-5-6-16(23)14-17/h2-10,12,14H,11,13H2,1H3,(H,24,28). The van der Waals surface area contributed by atoms with Gasteiger partial charge in [-0.3, -0.25) is 9.36 Å². The Bertz CT molecular complexity index is 1160. The van der Waals surface area contributed by atoms with Crippen LogP contribution in [0.1, 0.15) is 12.2 Å². The molecular weight excluding hydrogens is 420 g/mol. The van der Waals surface area contributed by atoms with Gasteiger partial charge in [-0.1, -0.05) is 47.6 Å². The van der Waals surface area contributed by atoms with Crippen LogP contribution in [-0.4, -0.2) is 26.4 Å². The van der Waals surface area contributed by atoms with Crippen molar-refractivity contribution in [3.8, 4) is 17.1 Å². The molecular formula is C22H19ClN4O2S. The number of anilines is 1. The number of hydrogen-bond donors (Lipinski definition) is 1. The minimum atomic E-state index is -0.0820. The molecule has 30 heavy (non-hydrogen) atoms. The predicted molar refractivity (Wildman–Crippen MR) is 119 cm³/mol. The minimum absolute atomic E-state index is 0.0820. The lowest BCUT2D eigenvalue weighted by Gasteiger charge is -2.10. The van der Waals surface area contributed by atoms with E-state index in [1.807, 2.05) is 54.0 Å². The van der Waals surface area contributed by atoms with Crippen molar-refractivity contribution in [1.82, 2.24) is 14.8 Å². The smallest absolute Gasteiger partial charge is 0.225 e. The molecule has 6 nitrogen and oxygen atoms in total. The van der Waals surface area contributed by atoms with Crippen LogP contribution in [0.3, 0.4) is 0 Å². The monoisotopic (exact) mass is 438 g/mol. The lowest BCUT2D eigenvalue weighted by Crippen LogP contribution is -2.12. The zero-order chi connectivity index (χ0) is 20.9. The molecule has 1 N–H and O–H groups in total. The van der Waals surface area contributed by atoms with E-state index in [0.29, 0.717) is 33.9 Å². The molecule has 0 saturated heterocycles. The lowest BCUT2D eigenvalue weighted by molar-refractivity contribution is -0.115. The summed E-state index contributed by atoms with van der Waals surface area (Å²) in [5.41, 5.74) is 2.52. The summed E-state index contributed by atoms with van der Waals surface area (Å²) in [6.45, 7) is 1.90. The van der Waals surface area contributed by atoms with Gasteiger partial charge in [0.2, 0.25) is 5.91 Å². The Labute approximate surface area is 183 Å². The fourth-order valence-electron chi connectivity index (χ4n) is 2.99. The molecule has 2 heterocycles. The molecule has 0 aliphatic carbocycles. The third-order valence-electron chi connectivity index (χ3n) is 4.42. The number of rotatable bonds is 7. The van der Waals surface area contributed by atoms with Crippen molar-refractivity contribution in [3.05, 3.63) is 77.7 Å². The maximum absolute atomic E-state index is 12.3. The average Bonchev–Trinajstić information content (AvgIpc) is 3.34. The van der Waals surface area contributed by atoms with Crippen molar-refractivity contribution < 1.29 is 9.21 Å². The number of nitrogens with zero attached hydrogens (tertiary/aromatic N) is 3. The number of amides is 1. The summed E-state index contributed by atoms with van der Waals surface area (Å²) >= 11 is 7.44. The summed E-state index contributed by atoms with van der Waals surface area (Å²) in [6, 6.07) is 18.9. The van der Waals surface area contributed by atoms with Crippen molar-refractivity contribution in [1.29, 1.82) is 0 Å². The summed E-state index contributed by atoms with van der Waals surface area (Å²) in [4.78, 5) is 12.3. The number of carbonyl (C=O) groups is 1. The molecule has 4 aromatic rings. The highest BCUT2D eigenvalue weighted by Gasteiger charge is 2.19. The summed E-state index contributed by atoms with van der Waals surface area (Å²) in [5, 5.41) is 12.9. The molecule has 2 aromatic carbocycles. The van der Waals surface area contributed by atoms with Gasteiger partial charge in [-0.15, -0.1) is 10.2 Å². The third-order valence-corrected chi connectivity index (χ3v) is 5.58. The topological polar surface area (TPSA) is 72.9 Å². The van der Waals surface area contributed by atoms with E-state index >= 15 is 0 Å². The molecule has 0 bridgehead atoms. The first-order chi connectivity index (χ1) is 14.6. The number of para-hydroxylation sites is 1. The minimum Gasteiger partial charge on any atom is -0.469 e. The first kappa shape index (κ1) is 20.3. The van der Waals surface area contributed by atoms with Crippen LogP contribution in [-0.2, 0) is 4.79 Å². The fraction of sp³-hybridized carbons (Fsp3) is 0.136. The molecule has 8 heteroatoms. The van der Waals surface area contributed by atoms with Gasteiger partial charge in [0, 0.05) is 28.6 Å². The number of halogens is 1. The number of benzene rings is 2. The normalized spacial score (nSPS) is 10.9. The number of aromatic nitrogens is 3. The van der Waals surface area contributed by atoms with Crippen molar-refractivity contribution in [2.24, 2.45) is 0 Å². The molecule has 0 spiro atoms. The maximum Gasteiger partial charge on any atom is 0.225 e. The van der Waals surface area contributed by atoms with Crippen LogP contribution in [0.25, 0.3) is 17.1 Å². The number of nitrogens with one attached hydrogen (secondary N) is 1. The highest BCUT2D eigenvalue weighted by molar-refractivity contribution is 7.99. The van der Waals surface area contributed by atoms with E-state index in [1.165, 1.54) is 11.8 Å². The summed E-state index contributed by atoms with van der Waals surface area (Å²) in [5.74, 6) is 1.96. The molecule has 0 aliphatic rings. The third kappa shape index (κ3) is 4.58. The van der Waals surface area contributed by atoms with Gasteiger partial charge < -0.3 is 9.73 Å². The molecule has 0 radical (unpaired) electrons. The second-order valence-corrected chi connectivity index (χ2v) is 8.02. The fourth-order valence-corrected chi connectivity index (χ4v) is 4.07. The van der Waals surface area contributed by atoms with Crippen LogP contribution >= 0.6 is 23.4 Å². The summed E-state index contributed by atoms with van der Waals surface area (Å²) < 4.78 is 7.43. The highest BCUT2D eigenvalue weighted by atomic mass is 35.5. The maximum atomic E-state index is 12.3. The van der Waals surface area contributed by atoms with Crippen LogP contribution in [0.5, 0.6) is 0 Å². The Balaban J connectivity index is 1.50. The van der Waals surface area contributed by atoms with Gasteiger partial charge in [-0.05, 0) is 43.3 Å². The van der Waals surface area contributed by atoms with Crippen molar-refractivity contribution in [3.63, 3.8) is 0 Å². The molecule has 0 fully saturated rings.